The van der Waals surface area contributed by atoms with Gasteiger partial charge in [-0.1, -0.05) is 35.9 Å². The molecule has 1 N–H and O–H groups in total. The lowest BCUT2D eigenvalue weighted by atomic mass is 10.1. The summed E-state index contributed by atoms with van der Waals surface area (Å²) in [5, 5.41) is 3.98. The number of nitrogens with zero attached hydrogens (tertiary/aromatic N) is 1. The Kier molecular flexibility index (Phi) is 4.41. The molecule has 0 atom stereocenters. The van der Waals surface area contributed by atoms with E-state index in [-0.39, 0.29) is 5.56 Å². The van der Waals surface area contributed by atoms with E-state index in [0.29, 0.717) is 10.7 Å². The highest BCUT2D eigenvalue weighted by Crippen LogP contribution is 2.34. The van der Waals surface area contributed by atoms with Crippen molar-refractivity contribution in [1.82, 2.24) is 4.98 Å². The van der Waals surface area contributed by atoms with Crippen LogP contribution in [-0.2, 0) is 0 Å². The van der Waals surface area contributed by atoms with E-state index < -0.39 is 11.7 Å². The van der Waals surface area contributed by atoms with Gasteiger partial charge in [-0.3, -0.25) is 4.79 Å². The van der Waals surface area contributed by atoms with Crippen LogP contribution in [0.4, 0.5) is 10.1 Å². The molecule has 0 aliphatic heterocycles. The molecule has 0 spiro atoms. The summed E-state index contributed by atoms with van der Waals surface area (Å²) in [6, 6.07) is 18.7. The minimum Gasteiger partial charge on any atom is -0.321 e. The molecule has 4 aromatic rings. The zero-order valence-electron chi connectivity index (χ0n) is 13.4. The number of fused-ring (bicyclic) bond motifs is 1. The zero-order valence-corrected chi connectivity index (χ0v) is 14.9. The average molecular weight is 383 g/mol. The number of benzene rings is 3. The third-order valence-corrected chi connectivity index (χ3v) is 5.26. The minimum atomic E-state index is -0.466. The van der Waals surface area contributed by atoms with E-state index in [1.165, 1.54) is 18.2 Å². The molecule has 0 bridgehead atoms. The minimum absolute atomic E-state index is 0.228. The lowest BCUT2D eigenvalue weighted by Gasteiger charge is -2.09. The van der Waals surface area contributed by atoms with Crippen molar-refractivity contribution in [3.05, 3.63) is 83.1 Å². The number of hydrogen-bond acceptors (Lipinski definition) is 3. The van der Waals surface area contributed by atoms with Gasteiger partial charge in [-0.25, -0.2) is 9.37 Å². The number of hydrogen-bond donors (Lipinski definition) is 1. The monoisotopic (exact) mass is 382 g/mol. The fourth-order valence-electron chi connectivity index (χ4n) is 2.57. The predicted octanol–water partition coefficient (Wildman–Crippen LogP) is 6.01. The second-order valence-electron chi connectivity index (χ2n) is 5.65. The Morgan fingerprint density at radius 1 is 1.04 bits per heavy atom. The standard InChI is InChI=1S/C20H12ClFN2OS/c21-15-9-8-13(20-24-16-6-1-2-7-18(16)26-20)11-17(15)23-19(25)12-4-3-5-14(22)10-12/h1-11H,(H,23,25). The van der Waals surface area contributed by atoms with Crippen LogP contribution in [0.25, 0.3) is 20.8 Å². The first kappa shape index (κ1) is 16.7. The van der Waals surface area contributed by atoms with Crippen LogP contribution in [0, 0.1) is 5.82 Å². The largest absolute Gasteiger partial charge is 0.321 e. The van der Waals surface area contributed by atoms with Crippen molar-refractivity contribution in [2.45, 2.75) is 0 Å². The Bertz CT molecular complexity index is 1090. The lowest BCUT2D eigenvalue weighted by molar-refractivity contribution is 0.102. The highest BCUT2D eigenvalue weighted by atomic mass is 35.5. The van der Waals surface area contributed by atoms with Crippen LogP contribution in [0.15, 0.2) is 66.7 Å². The maximum atomic E-state index is 13.3. The summed E-state index contributed by atoms with van der Waals surface area (Å²) in [5.41, 5.74) is 2.46. The van der Waals surface area contributed by atoms with Gasteiger partial charge in [0, 0.05) is 11.1 Å². The van der Waals surface area contributed by atoms with E-state index in [2.05, 4.69) is 10.3 Å². The van der Waals surface area contributed by atoms with Gasteiger partial charge < -0.3 is 5.32 Å². The summed E-state index contributed by atoms with van der Waals surface area (Å²) in [5.74, 6) is -0.889. The van der Waals surface area contributed by atoms with Crippen LogP contribution in [0.1, 0.15) is 10.4 Å². The van der Waals surface area contributed by atoms with Crippen molar-refractivity contribution in [2.24, 2.45) is 0 Å². The van der Waals surface area contributed by atoms with Crippen molar-refractivity contribution >= 4 is 44.7 Å². The topological polar surface area (TPSA) is 42.0 Å². The number of aromatic nitrogens is 1. The Morgan fingerprint density at radius 2 is 1.88 bits per heavy atom. The molecule has 0 radical (unpaired) electrons. The summed E-state index contributed by atoms with van der Waals surface area (Å²) in [4.78, 5) is 17.0. The van der Waals surface area contributed by atoms with E-state index in [1.54, 1.807) is 29.5 Å². The van der Waals surface area contributed by atoms with Crippen LogP contribution < -0.4 is 5.32 Å². The van der Waals surface area contributed by atoms with Gasteiger partial charge in [0.2, 0.25) is 0 Å². The number of para-hydroxylation sites is 1. The van der Waals surface area contributed by atoms with Gasteiger partial charge in [-0.15, -0.1) is 11.3 Å². The number of carbonyl (C=O) groups excluding carboxylic acids is 1. The summed E-state index contributed by atoms with van der Waals surface area (Å²) in [6.07, 6.45) is 0. The van der Waals surface area contributed by atoms with E-state index in [9.17, 15) is 9.18 Å². The van der Waals surface area contributed by atoms with Crippen LogP contribution in [-0.4, -0.2) is 10.9 Å². The Morgan fingerprint density at radius 3 is 2.69 bits per heavy atom. The molecule has 3 aromatic carbocycles. The molecule has 1 aromatic heterocycles. The summed E-state index contributed by atoms with van der Waals surface area (Å²) in [6.45, 7) is 0. The van der Waals surface area contributed by atoms with Crippen LogP contribution in [0.2, 0.25) is 5.02 Å². The van der Waals surface area contributed by atoms with Crippen molar-refractivity contribution in [3.8, 4) is 10.6 Å². The molecule has 0 fully saturated rings. The summed E-state index contributed by atoms with van der Waals surface area (Å²) < 4.78 is 14.4. The fourth-order valence-corrected chi connectivity index (χ4v) is 3.70. The molecule has 0 saturated carbocycles. The van der Waals surface area contributed by atoms with Gasteiger partial charge in [0.05, 0.1) is 20.9 Å². The first-order valence-electron chi connectivity index (χ1n) is 7.82. The number of amides is 1. The Labute approximate surface area is 158 Å². The van der Waals surface area contributed by atoms with Crippen LogP contribution in [0.5, 0.6) is 0 Å². The molecule has 1 amide bonds. The van der Waals surface area contributed by atoms with E-state index in [0.717, 1.165) is 20.8 Å². The Hall–Kier alpha value is -2.76. The van der Waals surface area contributed by atoms with Gasteiger partial charge in [-0.2, -0.15) is 0 Å². The molecule has 6 heteroatoms. The molecule has 128 valence electrons. The molecule has 0 aliphatic rings. The number of nitrogens with one attached hydrogen (secondary N) is 1. The van der Waals surface area contributed by atoms with Crippen molar-refractivity contribution in [3.63, 3.8) is 0 Å². The van der Waals surface area contributed by atoms with Gasteiger partial charge >= 0.3 is 0 Å². The maximum Gasteiger partial charge on any atom is 0.255 e. The molecule has 26 heavy (non-hydrogen) atoms. The average Bonchev–Trinajstić information content (AvgIpc) is 3.07. The molecular weight excluding hydrogens is 371 g/mol. The molecule has 0 aliphatic carbocycles. The fraction of sp³-hybridized carbons (Fsp3) is 0. The summed E-state index contributed by atoms with van der Waals surface area (Å²) in [7, 11) is 0. The molecule has 1 heterocycles. The number of halogens is 2. The van der Waals surface area contributed by atoms with Crippen molar-refractivity contribution in [2.75, 3.05) is 5.32 Å². The molecule has 0 saturated heterocycles. The van der Waals surface area contributed by atoms with E-state index in [1.807, 2.05) is 30.3 Å². The normalized spacial score (nSPS) is 10.8. The zero-order chi connectivity index (χ0) is 18.1. The first-order chi connectivity index (χ1) is 12.6. The molecular formula is C20H12ClFN2OS. The highest BCUT2D eigenvalue weighted by molar-refractivity contribution is 7.21. The van der Waals surface area contributed by atoms with Crippen LogP contribution in [0.3, 0.4) is 0 Å². The number of carbonyl (C=O) groups is 1. The van der Waals surface area contributed by atoms with Gasteiger partial charge in [0.1, 0.15) is 10.8 Å². The number of anilines is 1. The second kappa shape index (κ2) is 6.86. The molecule has 3 nitrogen and oxygen atoms in total. The summed E-state index contributed by atoms with van der Waals surface area (Å²) >= 11 is 7.79. The predicted molar refractivity (Wildman–Crippen MR) is 104 cm³/mol. The molecule has 4 rings (SSSR count). The van der Waals surface area contributed by atoms with Gasteiger partial charge in [0.15, 0.2) is 0 Å². The van der Waals surface area contributed by atoms with E-state index in [4.69, 9.17) is 11.6 Å². The second-order valence-corrected chi connectivity index (χ2v) is 7.08. The highest BCUT2D eigenvalue weighted by Gasteiger charge is 2.12. The van der Waals surface area contributed by atoms with E-state index >= 15 is 0 Å². The quantitative estimate of drug-likeness (QED) is 0.471. The van der Waals surface area contributed by atoms with Crippen molar-refractivity contribution in [1.29, 1.82) is 0 Å². The van der Waals surface area contributed by atoms with Crippen LogP contribution >= 0.6 is 22.9 Å². The Balaban J connectivity index is 1.67. The maximum absolute atomic E-state index is 13.3. The number of rotatable bonds is 3. The SMILES string of the molecule is O=C(Nc1cc(-c2nc3ccccc3s2)ccc1Cl)c1cccc(F)c1. The first-order valence-corrected chi connectivity index (χ1v) is 9.02. The van der Waals surface area contributed by atoms with Gasteiger partial charge in [0.25, 0.3) is 5.91 Å². The third-order valence-electron chi connectivity index (χ3n) is 3.84. The number of thiazole rings is 1. The molecule has 0 unspecified atom stereocenters. The third kappa shape index (κ3) is 3.31. The van der Waals surface area contributed by atoms with Crippen molar-refractivity contribution < 1.29 is 9.18 Å². The lowest BCUT2D eigenvalue weighted by Crippen LogP contribution is -2.12. The smallest absolute Gasteiger partial charge is 0.255 e. The van der Waals surface area contributed by atoms with Gasteiger partial charge in [-0.05, 0) is 42.5 Å².